The van der Waals surface area contributed by atoms with Crippen LogP contribution in [0, 0.1) is 0 Å². The SMILES string of the molecule is O=S(=O)(N[C@@H]1c2cccc3cccc(c23)[C@@H]1N1CCN(CCO)CC1)c1ccc(Cl)cc1. The Morgan fingerprint density at radius 2 is 1.59 bits per heavy atom. The number of halogens is 1. The highest BCUT2D eigenvalue weighted by Gasteiger charge is 2.41. The first-order valence-electron chi connectivity index (χ1n) is 10.8. The molecule has 2 aliphatic rings. The molecule has 6 nitrogen and oxygen atoms in total. The molecule has 0 spiro atoms. The predicted octanol–water partition coefficient (Wildman–Crippen LogP) is 3.18. The molecule has 32 heavy (non-hydrogen) atoms. The van der Waals surface area contributed by atoms with Gasteiger partial charge in [-0.15, -0.1) is 0 Å². The molecule has 1 fully saturated rings. The summed E-state index contributed by atoms with van der Waals surface area (Å²) in [7, 11) is -3.74. The summed E-state index contributed by atoms with van der Waals surface area (Å²) in [5.41, 5.74) is 2.18. The Hall–Kier alpha value is -2.00. The van der Waals surface area contributed by atoms with Crippen LogP contribution in [0.2, 0.25) is 5.02 Å². The van der Waals surface area contributed by atoms with Crippen molar-refractivity contribution < 1.29 is 13.5 Å². The van der Waals surface area contributed by atoms with Crippen LogP contribution in [0.4, 0.5) is 0 Å². The third-order valence-electron chi connectivity index (χ3n) is 6.56. The lowest BCUT2D eigenvalue weighted by atomic mass is 10.0. The van der Waals surface area contributed by atoms with E-state index in [1.165, 1.54) is 12.1 Å². The first-order valence-corrected chi connectivity index (χ1v) is 12.7. The zero-order chi connectivity index (χ0) is 22.3. The first-order chi connectivity index (χ1) is 15.5. The van der Waals surface area contributed by atoms with Gasteiger partial charge in [-0.05, 0) is 46.2 Å². The number of aliphatic hydroxyl groups is 1. The number of hydrogen-bond acceptors (Lipinski definition) is 5. The number of piperazine rings is 1. The summed E-state index contributed by atoms with van der Waals surface area (Å²) in [5, 5.41) is 12.0. The molecular formula is C24H26ClN3O3S. The third kappa shape index (κ3) is 3.94. The number of rotatable bonds is 6. The number of sulfonamides is 1. The second-order valence-corrected chi connectivity index (χ2v) is 10.5. The van der Waals surface area contributed by atoms with Crippen molar-refractivity contribution in [3.8, 4) is 0 Å². The fourth-order valence-electron chi connectivity index (χ4n) is 5.05. The van der Waals surface area contributed by atoms with E-state index in [0.29, 0.717) is 11.6 Å². The van der Waals surface area contributed by atoms with Crippen molar-refractivity contribution >= 4 is 32.4 Å². The Labute approximate surface area is 193 Å². The van der Waals surface area contributed by atoms with Gasteiger partial charge in [-0.25, -0.2) is 13.1 Å². The summed E-state index contributed by atoms with van der Waals surface area (Å²) >= 11 is 5.96. The molecule has 168 valence electrons. The Morgan fingerprint density at radius 3 is 2.25 bits per heavy atom. The summed E-state index contributed by atoms with van der Waals surface area (Å²) in [6, 6.07) is 18.1. The molecule has 3 aromatic rings. The summed E-state index contributed by atoms with van der Waals surface area (Å²) in [6.45, 7) is 4.14. The van der Waals surface area contributed by atoms with Crippen LogP contribution in [0.3, 0.4) is 0 Å². The highest BCUT2D eigenvalue weighted by Crippen LogP contribution is 2.47. The molecule has 0 radical (unpaired) electrons. The maximum atomic E-state index is 13.3. The number of aliphatic hydroxyl groups excluding tert-OH is 1. The fraction of sp³-hybridized carbons (Fsp3) is 0.333. The maximum Gasteiger partial charge on any atom is 0.241 e. The van der Waals surface area contributed by atoms with Crippen molar-refractivity contribution in [2.24, 2.45) is 0 Å². The monoisotopic (exact) mass is 471 g/mol. The zero-order valence-corrected chi connectivity index (χ0v) is 19.2. The van der Waals surface area contributed by atoms with E-state index in [0.717, 1.165) is 48.1 Å². The minimum absolute atomic E-state index is 0.0885. The molecule has 5 rings (SSSR count). The lowest BCUT2D eigenvalue weighted by molar-refractivity contribution is 0.0743. The molecule has 1 aliphatic heterocycles. The quantitative estimate of drug-likeness (QED) is 0.577. The van der Waals surface area contributed by atoms with E-state index >= 15 is 0 Å². The van der Waals surface area contributed by atoms with Gasteiger partial charge in [0.05, 0.1) is 23.6 Å². The van der Waals surface area contributed by atoms with Crippen molar-refractivity contribution in [2.45, 2.75) is 17.0 Å². The number of benzene rings is 3. The van der Waals surface area contributed by atoms with E-state index in [4.69, 9.17) is 11.6 Å². The second-order valence-electron chi connectivity index (χ2n) is 8.39. The number of nitrogens with zero attached hydrogens (tertiary/aromatic N) is 2. The minimum Gasteiger partial charge on any atom is -0.395 e. The summed E-state index contributed by atoms with van der Waals surface area (Å²) in [4.78, 5) is 4.82. The molecule has 0 bridgehead atoms. The lowest BCUT2D eigenvalue weighted by Crippen LogP contribution is -2.50. The summed E-state index contributed by atoms with van der Waals surface area (Å²) < 4.78 is 29.7. The average Bonchev–Trinajstić information content (AvgIpc) is 3.10. The predicted molar refractivity (Wildman–Crippen MR) is 126 cm³/mol. The van der Waals surface area contributed by atoms with Crippen molar-refractivity contribution in [1.82, 2.24) is 14.5 Å². The van der Waals surface area contributed by atoms with E-state index < -0.39 is 10.0 Å². The second kappa shape index (κ2) is 8.74. The fourth-order valence-corrected chi connectivity index (χ4v) is 6.39. The summed E-state index contributed by atoms with van der Waals surface area (Å²) in [5.74, 6) is 0. The van der Waals surface area contributed by atoms with Crippen LogP contribution < -0.4 is 4.72 Å². The van der Waals surface area contributed by atoms with Gasteiger partial charge in [0, 0.05) is 37.7 Å². The molecule has 0 unspecified atom stereocenters. The molecule has 0 aromatic heterocycles. The van der Waals surface area contributed by atoms with E-state index in [2.05, 4.69) is 32.7 Å². The zero-order valence-electron chi connectivity index (χ0n) is 17.6. The standard InChI is InChI=1S/C24H26ClN3O3S/c25-18-7-9-19(10-8-18)32(30,31)26-23-20-5-1-3-17-4-2-6-21(22(17)20)24(23)28-13-11-27(12-14-28)15-16-29/h1-10,23-24,26,29H,11-16H2/t23-,24+/m1/s1. The van der Waals surface area contributed by atoms with Crippen LogP contribution in [-0.2, 0) is 10.0 Å². The van der Waals surface area contributed by atoms with Gasteiger partial charge < -0.3 is 5.11 Å². The Kier molecular flexibility index (Phi) is 5.96. The summed E-state index contributed by atoms with van der Waals surface area (Å²) in [6.07, 6.45) is 0. The molecule has 2 atom stereocenters. The smallest absolute Gasteiger partial charge is 0.241 e. The highest BCUT2D eigenvalue weighted by atomic mass is 35.5. The van der Waals surface area contributed by atoms with Crippen LogP contribution in [0.1, 0.15) is 23.2 Å². The molecule has 8 heteroatoms. The van der Waals surface area contributed by atoms with Crippen molar-refractivity contribution in [3.05, 3.63) is 76.8 Å². The average molecular weight is 472 g/mol. The van der Waals surface area contributed by atoms with Gasteiger partial charge in [0.15, 0.2) is 0 Å². The molecule has 3 aromatic carbocycles. The van der Waals surface area contributed by atoms with Crippen LogP contribution in [0.15, 0.2) is 65.6 Å². The minimum atomic E-state index is -3.74. The molecule has 1 heterocycles. The van der Waals surface area contributed by atoms with Gasteiger partial charge in [0.2, 0.25) is 10.0 Å². The third-order valence-corrected chi connectivity index (χ3v) is 8.27. The van der Waals surface area contributed by atoms with E-state index in [9.17, 15) is 13.5 Å². The maximum absolute atomic E-state index is 13.3. The van der Waals surface area contributed by atoms with Gasteiger partial charge in [0.1, 0.15) is 0 Å². The van der Waals surface area contributed by atoms with E-state index in [1.807, 2.05) is 18.2 Å². The molecule has 1 saturated heterocycles. The number of hydrogen-bond donors (Lipinski definition) is 2. The van der Waals surface area contributed by atoms with Crippen LogP contribution >= 0.6 is 11.6 Å². The normalized spacial score (nSPS) is 21.9. The van der Waals surface area contributed by atoms with Crippen molar-refractivity contribution in [1.29, 1.82) is 0 Å². The van der Waals surface area contributed by atoms with Gasteiger partial charge >= 0.3 is 0 Å². The van der Waals surface area contributed by atoms with Gasteiger partial charge in [-0.1, -0.05) is 48.0 Å². The van der Waals surface area contributed by atoms with E-state index in [-0.39, 0.29) is 23.6 Å². The number of nitrogens with one attached hydrogen (secondary N) is 1. The van der Waals surface area contributed by atoms with Crippen LogP contribution in [-0.4, -0.2) is 62.7 Å². The molecule has 1 aliphatic carbocycles. The Morgan fingerprint density at radius 1 is 0.938 bits per heavy atom. The molecule has 2 N–H and O–H groups in total. The Balaban J connectivity index is 1.52. The van der Waals surface area contributed by atoms with Crippen molar-refractivity contribution in [3.63, 3.8) is 0 Å². The lowest BCUT2D eigenvalue weighted by Gasteiger charge is -2.40. The van der Waals surface area contributed by atoms with E-state index in [1.54, 1.807) is 12.1 Å². The van der Waals surface area contributed by atoms with Gasteiger partial charge in [0.25, 0.3) is 0 Å². The molecular weight excluding hydrogens is 446 g/mol. The topological polar surface area (TPSA) is 72.9 Å². The van der Waals surface area contributed by atoms with Crippen LogP contribution in [0.25, 0.3) is 10.8 Å². The highest BCUT2D eigenvalue weighted by molar-refractivity contribution is 7.89. The Bertz CT molecular complexity index is 1220. The number of β-amino-alcohol motifs (C(OH)–C–C–N with tert-alkyl or cyclic N) is 1. The largest absolute Gasteiger partial charge is 0.395 e. The van der Waals surface area contributed by atoms with Crippen LogP contribution in [0.5, 0.6) is 0 Å². The molecule has 0 saturated carbocycles. The molecule has 0 amide bonds. The first kappa shape index (κ1) is 21.8. The van der Waals surface area contributed by atoms with Gasteiger partial charge in [-0.3, -0.25) is 9.80 Å². The van der Waals surface area contributed by atoms with Crippen molar-refractivity contribution in [2.75, 3.05) is 39.3 Å². The van der Waals surface area contributed by atoms with Gasteiger partial charge in [-0.2, -0.15) is 0 Å².